The van der Waals surface area contributed by atoms with Crippen molar-refractivity contribution >= 4 is 33.3 Å². The first kappa shape index (κ1) is 18.8. The molecule has 4 rings (SSSR count). The summed E-state index contributed by atoms with van der Waals surface area (Å²) in [6.45, 7) is 5.23. The minimum absolute atomic E-state index is 0.0610. The summed E-state index contributed by atoms with van der Waals surface area (Å²) < 4.78 is 5.36. The fraction of sp³-hybridized carbons (Fsp3) is 0.400. The lowest BCUT2D eigenvalue weighted by Crippen LogP contribution is -2.40. The van der Waals surface area contributed by atoms with Crippen LogP contribution in [0, 0.1) is 6.92 Å². The zero-order chi connectivity index (χ0) is 19.5. The number of aromatic nitrogens is 3. The standard InChI is InChI=1S/C20H23N5O2S/c1-14-16-18(24(2)8-6-15-5-3-4-7-21-15)22-13-23-19(16)28-17(14)20(26)25-9-11-27-12-10-25/h3-5,7,13H,6,8-12H2,1-2H3. The monoisotopic (exact) mass is 397 g/mol. The van der Waals surface area contributed by atoms with Crippen molar-refractivity contribution in [3.8, 4) is 0 Å². The molecule has 146 valence electrons. The number of carbonyl (C=O) groups is 1. The Morgan fingerprint density at radius 1 is 1.25 bits per heavy atom. The summed E-state index contributed by atoms with van der Waals surface area (Å²) in [5.41, 5.74) is 2.00. The number of anilines is 1. The molecule has 0 aromatic carbocycles. The highest BCUT2D eigenvalue weighted by Gasteiger charge is 2.25. The summed E-state index contributed by atoms with van der Waals surface area (Å²) >= 11 is 1.45. The molecule has 3 aromatic rings. The molecule has 1 aliphatic heterocycles. The van der Waals surface area contributed by atoms with Gasteiger partial charge in [0.15, 0.2) is 0 Å². The van der Waals surface area contributed by atoms with Gasteiger partial charge in [-0.1, -0.05) is 6.07 Å². The van der Waals surface area contributed by atoms with Gasteiger partial charge < -0.3 is 14.5 Å². The molecule has 0 N–H and O–H groups in total. The highest BCUT2D eigenvalue weighted by Crippen LogP contribution is 2.35. The first-order valence-corrected chi connectivity index (χ1v) is 10.2. The number of pyridine rings is 1. The number of aryl methyl sites for hydroxylation is 1. The molecule has 7 nitrogen and oxygen atoms in total. The first-order valence-electron chi connectivity index (χ1n) is 9.37. The summed E-state index contributed by atoms with van der Waals surface area (Å²) in [7, 11) is 2.02. The number of fused-ring (bicyclic) bond motifs is 1. The van der Waals surface area contributed by atoms with Crippen LogP contribution in [0.2, 0.25) is 0 Å². The quantitative estimate of drug-likeness (QED) is 0.659. The Bertz CT molecular complexity index is 969. The van der Waals surface area contributed by atoms with E-state index in [-0.39, 0.29) is 5.91 Å². The molecule has 1 aliphatic rings. The van der Waals surface area contributed by atoms with Gasteiger partial charge in [-0.05, 0) is 24.6 Å². The number of rotatable bonds is 5. The minimum Gasteiger partial charge on any atom is -0.378 e. The van der Waals surface area contributed by atoms with Crippen LogP contribution >= 0.6 is 11.3 Å². The van der Waals surface area contributed by atoms with Crippen molar-refractivity contribution in [2.45, 2.75) is 13.3 Å². The highest BCUT2D eigenvalue weighted by atomic mass is 32.1. The maximum Gasteiger partial charge on any atom is 0.264 e. The van der Waals surface area contributed by atoms with Gasteiger partial charge in [-0.15, -0.1) is 11.3 Å². The largest absolute Gasteiger partial charge is 0.378 e. The Balaban J connectivity index is 1.60. The van der Waals surface area contributed by atoms with E-state index in [1.165, 1.54) is 11.3 Å². The van der Waals surface area contributed by atoms with E-state index in [1.807, 2.05) is 43.3 Å². The summed E-state index contributed by atoms with van der Waals surface area (Å²) in [4.78, 5) is 31.9. The minimum atomic E-state index is 0.0610. The van der Waals surface area contributed by atoms with Gasteiger partial charge in [0.1, 0.15) is 17.0 Å². The molecule has 1 saturated heterocycles. The molecule has 0 unspecified atom stereocenters. The van der Waals surface area contributed by atoms with E-state index >= 15 is 0 Å². The van der Waals surface area contributed by atoms with Crippen LogP contribution in [0.4, 0.5) is 5.82 Å². The third kappa shape index (κ3) is 3.70. The molecule has 1 fully saturated rings. The van der Waals surface area contributed by atoms with Crippen molar-refractivity contribution in [1.82, 2.24) is 19.9 Å². The molecule has 0 saturated carbocycles. The number of morpholine rings is 1. The van der Waals surface area contributed by atoms with Crippen molar-refractivity contribution in [2.24, 2.45) is 0 Å². The van der Waals surface area contributed by atoms with Gasteiger partial charge in [0.25, 0.3) is 5.91 Å². The maximum absolute atomic E-state index is 13.0. The van der Waals surface area contributed by atoms with Gasteiger partial charge in [0, 0.05) is 45.0 Å². The van der Waals surface area contributed by atoms with Crippen LogP contribution in [-0.4, -0.2) is 65.7 Å². The summed E-state index contributed by atoms with van der Waals surface area (Å²) in [6.07, 6.45) is 4.21. The van der Waals surface area contributed by atoms with Crippen molar-refractivity contribution < 1.29 is 9.53 Å². The molecule has 0 aliphatic carbocycles. The smallest absolute Gasteiger partial charge is 0.264 e. The van der Waals surface area contributed by atoms with E-state index in [1.54, 1.807) is 6.33 Å². The van der Waals surface area contributed by atoms with Crippen LogP contribution < -0.4 is 4.90 Å². The summed E-state index contributed by atoms with van der Waals surface area (Å²) in [6, 6.07) is 5.94. The summed E-state index contributed by atoms with van der Waals surface area (Å²) in [5, 5.41) is 0.965. The summed E-state index contributed by atoms with van der Waals surface area (Å²) in [5.74, 6) is 0.918. The van der Waals surface area contributed by atoms with Crippen LogP contribution in [0.3, 0.4) is 0 Å². The Morgan fingerprint density at radius 3 is 2.82 bits per heavy atom. The van der Waals surface area contributed by atoms with Crippen molar-refractivity contribution in [3.63, 3.8) is 0 Å². The fourth-order valence-corrected chi connectivity index (χ4v) is 4.50. The number of hydrogen-bond acceptors (Lipinski definition) is 7. The van der Waals surface area contributed by atoms with E-state index in [0.29, 0.717) is 26.3 Å². The van der Waals surface area contributed by atoms with Gasteiger partial charge >= 0.3 is 0 Å². The lowest BCUT2D eigenvalue weighted by atomic mass is 10.1. The van der Waals surface area contributed by atoms with Gasteiger partial charge in [-0.2, -0.15) is 0 Å². The third-order valence-electron chi connectivity index (χ3n) is 4.99. The second-order valence-corrected chi connectivity index (χ2v) is 7.83. The van der Waals surface area contributed by atoms with E-state index in [4.69, 9.17) is 4.74 Å². The van der Waals surface area contributed by atoms with Crippen LogP contribution in [0.25, 0.3) is 10.2 Å². The molecule has 0 bridgehead atoms. The van der Waals surface area contributed by atoms with Gasteiger partial charge in [0.2, 0.25) is 0 Å². The predicted octanol–water partition coefficient (Wildman–Crippen LogP) is 2.55. The topological polar surface area (TPSA) is 71.5 Å². The molecule has 3 aromatic heterocycles. The van der Waals surface area contributed by atoms with E-state index in [0.717, 1.165) is 45.1 Å². The number of ether oxygens (including phenoxy) is 1. The maximum atomic E-state index is 13.0. The normalized spacial score (nSPS) is 14.4. The first-order chi connectivity index (χ1) is 13.6. The average Bonchev–Trinajstić information content (AvgIpc) is 3.09. The zero-order valence-corrected chi connectivity index (χ0v) is 16.9. The number of amides is 1. The molecule has 1 amide bonds. The van der Waals surface area contributed by atoms with Crippen LogP contribution in [0.5, 0.6) is 0 Å². The number of hydrogen-bond donors (Lipinski definition) is 0. The number of likely N-dealkylation sites (N-methyl/N-ethyl adjacent to an activating group) is 1. The molecule has 8 heteroatoms. The Morgan fingerprint density at radius 2 is 2.07 bits per heavy atom. The van der Waals surface area contributed by atoms with Crippen molar-refractivity contribution in [1.29, 1.82) is 0 Å². The fourth-order valence-electron chi connectivity index (χ4n) is 3.39. The van der Waals surface area contributed by atoms with Crippen molar-refractivity contribution in [2.75, 3.05) is 44.8 Å². The second kappa shape index (κ2) is 8.20. The average molecular weight is 398 g/mol. The van der Waals surface area contributed by atoms with Crippen LogP contribution in [0.15, 0.2) is 30.7 Å². The number of thiophene rings is 1. The Labute approximate surface area is 168 Å². The van der Waals surface area contributed by atoms with E-state index in [2.05, 4.69) is 19.9 Å². The Hall–Kier alpha value is -2.58. The predicted molar refractivity (Wildman–Crippen MR) is 110 cm³/mol. The second-order valence-electron chi connectivity index (χ2n) is 6.83. The highest BCUT2D eigenvalue weighted by molar-refractivity contribution is 7.20. The molecular formula is C20H23N5O2S. The van der Waals surface area contributed by atoms with Gasteiger partial charge in [-0.3, -0.25) is 9.78 Å². The number of carbonyl (C=O) groups excluding carboxylic acids is 1. The molecule has 0 spiro atoms. The van der Waals surface area contributed by atoms with Crippen LogP contribution in [0.1, 0.15) is 20.9 Å². The molecule has 28 heavy (non-hydrogen) atoms. The Kier molecular flexibility index (Phi) is 5.50. The SMILES string of the molecule is Cc1c(C(=O)N2CCOCC2)sc2ncnc(N(C)CCc3ccccn3)c12. The molecule has 0 atom stereocenters. The van der Waals surface area contributed by atoms with Gasteiger partial charge in [-0.25, -0.2) is 9.97 Å². The van der Waals surface area contributed by atoms with E-state index < -0.39 is 0 Å². The van der Waals surface area contributed by atoms with E-state index in [9.17, 15) is 4.79 Å². The molecule has 0 radical (unpaired) electrons. The number of nitrogens with zero attached hydrogens (tertiary/aromatic N) is 5. The third-order valence-corrected chi connectivity index (χ3v) is 6.18. The zero-order valence-electron chi connectivity index (χ0n) is 16.1. The van der Waals surface area contributed by atoms with Gasteiger partial charge in [0.05, 0.1) is 23.5 Å². The molecule has 4 heterocycles. The van der Waals surface area contributed by atoms with Crippen LogP contribution in [-0.2, 0) is 11.2 Å². The van der Waals surface area contributed by atoms with Crippen molar-refractivity contribution in [3.05, 3.63) is 46.9 Å². The molecular weight excluding hydrogens is 374 g/mol. The lowest BCUT2D eigenvalue weighted by Gasteiger charge is -2.26. The lowest BCUT2D eigenvalue weighted by molar-refractivity contribution is 0.0306.